The molecule has 6 heteroatoms. The number of nitrogens with zero attached hydrogens (tertiary/aromatic N) is 1. The van der Waals surface area contributed by atoms with Crippen LogP contribution in [0.1, 0.15) is 36.5 Å². The highest BCUT2D eigenvalue weighted by molar-refractivity contribution is 7.89. The first-order valence-electron chi connectivity index (χ1n) is 7.48. The molecule has 22 heavy (non-hydrogen) atoms. The molecule has 0 radical (unpaired) electrons. The maximum absolute atomic E-state index is 12.8. The van der Waals surface area contributed by atoms with Crippen LogP contribution < -0.4 is 5.32 Å². The Labute approximate surface area is 132 Å². The van der Waals surface area contributed by atoms with Gasteiger partial charge in [0.15, 0.2) is 0 Å². The van der Waals surface area contributed by atoms with Crippen molar-refractivity contribution in [2.75, 3.05) is 13.1 Å². The summed E-state index contributed by atoms with van der Waals surface area (Å²) in [5.74, 6) is -0.302. The lowest BCUT2D eigenvalue weighted by molar-refractivity contribution is 0.0958. The third-order valence-corrected chi connectivity index (χ3v) is 5.86. The van der Waals surface area contributed by atoms with E-state index < -0.39 is 10.0 Å². The van der Waals surface area contributed by atoms with Crippen molar-refractivity contribution in [2.45, 2.75) is 37.1 Å². The minimum Gasteiger partial charge on any atom is -0.349 e. The van der Waals surface area contributed by atoms with E-state index in [1.807, 2.05) is 6.92 Å². The van der Waals surface area contributed by atoms with Gasteiger partial charge in [-0.3, -0.25) is 4.79 Å². The van der Waals surface area contributed by atoms with Crippen LogP contribution in [0.3, 0.4) is 0 Å². The molecule has 0 spiro atoms. The van der Waals surface area contributed by atoms with Crippen LogP contribution in [0, 0.1) is 0 Å². The van der Waals surface area contributed by atoms with Crippen LogP contribution in [0.5, 0.6) is 0 Å². The van der Waals surface area contributed by atoms with Gasteiger partial charge in [0.1, 0.15) is 0 Å². The van der Waals surface area contributed by atoms with E-state index >= 15 is 0 Å². The molecule has 1 saturated heterocycles. The fourth-order valence-electron chi connectivity index (χ4n) is 2.63. The Balaban J connectivity index is 2.27. The van der Waals surface area contributed by atoms with Gasteiger partial charge in [0.05, 0.1) is 4.90 Å². The van der Waals surface area contributed by atoms with E-state index in [0.717, 1.165) is 19.3 Å². The monoisotopic (exact) mass is 322 g/mol. The summed E-state index contributed by atoms with van der Waals surface area (Å²) in [4.78, 5) is 12.1. The zero-order valence-corrected chi connectivity index (χ0v) is 13.6. The number of carbonyl (C=O) groups is 1. The molecular weight excluding hydrogens is 300 g/mol. The second kappa shape index (κ2) is 7.07. The van der Waals surface area contributed by atoms with Gasteiger partial charge in [-0.1, -0.05) is 18.6 Å². The molecule has 0 saturated carbocycles. The normalized spacial score (nSPS) is 19.6. The maximum Gasteiger partial charge on any atom is 0.251 e. The second-order valence-electron chi connectivity index (χ2n) is 5.49. The van der Waals surface area contributed by atoms with Gasteiger partial charge in [0.2, 0.25) is 10.0 Å². The summed E-state index contributed by atoms with van der Waals surface area (Å²) >= 11 is 0. The van der Waals surface area contributed by atoms with Crippen LogP contribution in [0.4, 0.5) is 0 Å². The molecule has 1 atom stereocenters. The van der Waals surface area contributed by atoms with Crippen molar-refractivity contribution in [2.24, 2.45) is 0 Å². The van der Waals surface area contributed by atoms with Crippen LogP contribution in [0.15, 0.2) is 41.8 Å². The van der Waals surface area contributed by atoms with E-state index in [1.165, 1.54) is 10.4 Å². The van der Waals surface area contributed by atoms with Gasteiger partial charge in [0, 0.05) is 24.7 Å². The predicted molar refractivity (Wildman–Crippen MR) is 86.2 cm³/mol. The zero-order chi connectivity index (χ0) is 16.2. The number of rotatable bonds is 5. The number of sulfonamides is 1. The minimum atomic E-state index is -3.55. The number of nitrogens with one attached hydrogen (secondary N) is 1. The van der Waals surface area contributed by atoms with Gasteiger partial charge in [0.25, 0.3) is 5.91 Å². The summed E-state index contributed by atoms with van der Waals surface area (Å²) in [6, 6.07) is 6.19. The van der Waals surface area contributed by atoms with Gasteiger partial charge in [-0.15, -0.1) is 6.58 Å². The molecular formula is C16H22N2O3S. The van der Waals surface area contributed by atoms with Crippen molar-refractivity contribution < 1.29 is 13.2 Å². The molecule has 1 heterocycles. The standard InChI is InChI=1S/C16H22N2O3S/c1-3-10-17-16(19)14-8-6-9-15(12-14)22(20,21)18-11-5-4-7-13(18)2/h3,6,8-9,12-13H,1,4-5,7,10-11H2,2H3,(H,17,19)/t13-/m0/s1. The van der Waals surface area contributed by atoms with Gasteiger partial charge < -0.3 is 5.32 Å². The molecule has 1 aromatic rings. The largest absolute Gasteiger partial charge is 0.349 e. The molecule has 0 bridgehead atoms. The van der Waals surface area contributed by atoms with E-state index in [0.29, 0.717) is 18.7 Å². The number of amides is 1. The molecule has 5 nitrogen and oxygen atoms in total. The Morgan fingerprint density at radius 1 is 1.45 bits per heavy atom. The van der Waals surface area contributed by atoms with Crippen molar-refractivity contribution in [1.29, 1.82) is 0 Å². The highest BCUT2D eigenvalue weighted by Gasteiger charge is 2.31. The predicted octanol–water partition coefficient (Wildman–Crippen LogP) is 2.17. The van der Waals surface area contributed by atoms with E-state index in [-0.39, 0.29) is 16.8 Å². The zero-order valence-electron chi connectivity index (χ0n) is 12.8. The lowest BCUT2D eigenvalue weighted by Crippen LogP contribution is -2.42. The van der Waals surface area contributed by atoms with Crippen molar-refractivity contribution in [3.05, 3.63) is 42.5 Å². The fraction of sp³-hybridized carbons (Fsp3) is 0.438. The summed E-state index contributed by atoms with van der Waals surface area (Å²) in [5.41, 5.74) is 0.340. The van der Waals surface area contributed by atoms with Crippen molar-refractivity contribution >= 4 is 15.9 Å². The molecule has 0 unspecified atom stereocenters. The smallest absolute Gasteiger partial charge is 0.251 e. The van der Waals surface area contributed by atoms with E-state index in [4.69, 9.17) is 0 Å². The summed E-state index contributed by atoms with van der Waals surface area (Å²) in [7, 11) is -3.55. The van der Waals surface area contributed by atoms with Gasteiger partial charge in [-0.05, 0) is 38.0 Å². The average Bonchev–Trinajstić information content (AvgIpc) is 2.53. The molecule has 1 aliphatic rings. The number of hydrogen-bond acceptors (Lipinski definition) is 3. The topological polar surface area (TPSA) is 66.5 Å². The molecule has 0 aliphatic carbocycles. The molecule has 1 fully saturated rings. The number of benzene rings is 1. The molecule has 1 amide bonds. The molecule has 0 aromatic heterocycles. The quantitative estimate of drug-likeness (QED) is 0.845. The summed E-state index contributed by atoms with van der Waals surface area (Å²) in [5, 5.41) is 2.65. The second-order valence-corrected chi connectivity index (χ2v) is 7.38. The van der Waals surface area contributed by atoms with Crippen molar-refractivity contribution in [1.82, 2.24) is 9.62 Å². The third-order valence-electron chi connectivity index (χ3n) is 3.85. The first-order chi connectivity index (χ1) is 10.5. The van der Waals surface area contributed by atoms with E-state index in [9.17, 15) is 13.2 Å². The summed E-state index contributed by atoms with van der Waals surface area (Å²) in [6.45, 7) is 6.35. The Morgan fingerprint density at radius 3 is 2.91 bits per heavy atom. The van der Waals surface area contributed by atoms with Crippen molar-refractivity contribution in [3.8, 4) is 0 Å². The minimum absolute atomic E-state index is 0.00278. The van der Waals surface area contributed by atoms with Gasteiger partial charge in [-0.25, -0.2) is 8.42 Å². The SMILES string of the molecule is C=CCNC(=O)c1cccc(S(=O)(=O)N2CCCC[C@@H]2C)c1. The first kappa shape index (κ1) is 16.7. The Kier molecular flexibility index (Phi) is 5.37. The Hall–Kier alpha value is -1.66. The molecule has 1 N–H and O–H groups in total. The first-order valence-corrected chi connectivity index (χ1v) is 8.92. The summed E-state index contributed by atoms with van der Waals surface area (Å²) < 4.78 is 27.1. The lowest BCUT2D eigenvalue weighted by Gasteiger charge is -2.32. The van der Waals surface area contributed by atoms with E-state index in [2.05, 4.69) is 11.9 Å². The number of piperidine rings is 1. The van der Waals surface area contributed by atoms with Crippen LogP contribution in [-0.4, -0.2) is 37.8 Å². The third kappa shape index (κ3) is 3.56. The summed E-state index contributed by atoms with van der Waals surface area (Å²) in [6.07, 6.45) is 4.38. The molecule has 120 valence electrons. The Morgan fingerprint density at radius 2 is 2.23 bits per heavy atom. The molecule has 1 aliphatic heterocycles. The molecule has 2 rings (SSSR count). The number of hydrogen-bond donors (Lipinski definition) is 1. The maximum atomic E-state index is 12.8. The fourth-order valence-corrected chi connectivity index (χ4v) is 4.37. The van der Waals surface area contributed by atoms with Crippen LogP contribution in [0.2, 0.25) is 0 Å². The Bertz CT molecular complexity index is 655. The van der Waals surface area contributed by atoms with Crippen LogP contribution >= 0.6 is 0 Å². The highest BCUT2D eigenvalue weighted by Crippen LogP contribution is 2.25. The van der Waals surface area contributed by atoms with Gasteiger partial charge >= 0.3 is 0 Å². The number of carbonyl (C=O) groups excluding carboxylic acids is 1. The average molecular weight is 322 g/mol. The lowest BCUT2D eigenvalue weighted by atomic mass is 10.1. The highest BCUT2D eigenvalue weighted by atomic mass is 32.2. The van der Waals surface area contributed by atoms with E-state index in [1.54, 1.807) is 24.3 Å². The molecule has 1 aromatic carbocycles. The van der Waals surface area contributed by atoms with Crippen molar-refractivity contribution in [3.63, 3.8) is 0 Å². The van der Waals surface area contributed by atoms with Crippen LogP contribution in [-0.2, 0) is 10.0 Å². The van der Waals surface area contributed by atoms with Crippen LogP contribution in [0.25, 0.3) is 0 Å². The van der Waals surface area contributed by atoms with Gasteiger partial charge in [-0.2, -0.15) is 4.31 Å².